The van der Waals surface area contributed by atoms with Crippen LogP contribution in [0.25, 0.3) is 11.1 Å². The van der Waals surface area contributed by atoms with Crippen molar-refractivity contribution in [2.45, 2.75) is 19.4 Å². The lowest BCUT2D eigenvalue weighted by molar-refractivity contribution is -0.129. The minimum absolute atomic E-state index is 0.144. The van der Waals surface area contributed by atoms with E-state index in [1.54, 1.807) is 7.05 Å². The van der Waals surface area contributed by atoms with Crippen LogP contribution in [0.1, 0.15) is 22.3 Å². The van der Waals surface area contributed by atoms with E-state index in [0.29, 0.717) is 0 Å². The molecule has 1 atom stereocenters. The van der Waals surface area contributed by atoms with Gasteiger partial charge < -0.3 is 5.73 Å². The molecule has 0 radical (unpaired) electrons. The summed E-state index contributed by atoms with van der Waals surface area (Å²) in [5, 5.41) is 0. The predicted molar refractivity (Wildman–Crippen MR) is 113 cm³/mol. The normalized spacial score (nSPS) is 19.0. The number of nitrogens with zero attached hydrogens (tertiary/aromatic N) is 2. The van der Waals surface area contributed by atoms with Crippen molar-refractivity contribution in [2.75, 3.05) is 7.05 Å². The summed E-state index contributed by atoms with van der Waals surface area (Å²) in [6.07, 6.45) is 0. The molecule has 1 aliphatic rings. The van der Waals surface area contributed by atoms with Crippen LogP contribution >= 0.6 is 0 Å². The van der Waals surface area contributed by atoms with E-state index in [2.05, 4.69) is 49.2 Å². The van der Waals surface area contributed by atoms with Crippen molar-refractivity contribution in [1.29, 1.82) is 0 Å². The van der Waals surface area contributed by atoms with E-state index in [1.807, 2.05) is 42.5 Å². The van der Waals surface area contributed by atoms with Crippen LogP contribution in [0.4, 0.5) is 0 Å². The molecule has 2 N–H and O–H groups in total. The number of guanidine groups is 1. The van der Waals surface area contributed by atoms with Crippen LogP contribution in [0, 0.1) is 13.8 Å². The van der Waals surface area contributed by atoms with Crippen LogP contribution in [0.15, 0.2) is 77.8 Å². The molecule has 1 heterocycles. The summed E-state index contributed by atoms with van der Waals surface area (Å²) in [5.41, 5.74) is 11.1. The van der Waals surface area contributed by atoms with Crippen molar-refractivity contribution in [2.24, 2.45) is 10.7 Å². The number of benzene rings is 3. The molecule has 0 aromatic heterocycles. The minimum Gasteiger partial charge on any atom is -0.369 e. The highest BCUT2D eigenvalue weighted by Gasteiger charge is 2.49. The van der Waals surface area contributed by atoms with Gasteiger partial charge >= 0.3 is 0 Å². The largest absolute Gasteiger partial charge is 0.369 e. The van der Waals surface area contributed by atoms with Crippen molar-refractivity contribution < 1.29 is 4.79 Å². The van der Waals surface area contributed by atoms with Gasteiger partial charge in [0, 0.05) is 7.05 Å². The average molecular weight is 369 g/mol. The van der Waals surface area contributed by atoms with Crippen molar-refractivity contribution in [3.63, 3.8) is 0 Å². The lowest BCUT2D eigenvalue weighted by atomic mass is 9.81. The van der Waals surface area contributed by atoms with Gasteiger partial charge in [0.25, 0.3) is 5.91 Å². The number of carbonyl (C=O) groups excluding carboxylic acids is 1. The second kappa shape index (κ2) is 6.64. The van der Waals surface area contributed by atoms with Gasteiger partial charge in [-0.15, -0.1) is 0 Å². The van der Waals surface area contributed by atoms with Gasteiger partial charge in [-0.1, -0.05) is 72.3 Å². The monoisotopic (exact) mass is 369 g/mol. The fraction of sp³-hybridized carbons (Fsp3) is 0.167. The summed E-state index contributed by atoms with van der Waals surface area (Å²) >= 11 is 0. The molecule has 0 bridgehead atoms. The van der Waals surface area contributed by atoms with E-state index < -0.39 is 5.54 Å². The van der Waals surface area contributed by atoms with Gasteiger partial charge in [-0.3, -0.25) is 9.69 Å². The van der Waals surface area contributed by atoms with Crippen LogP contribution in [0.2, 0.25) is 0 Å². The molecule has 1 aliphatic heterocycles. The number of hydrogen-bond acceptors (Lipinski definition) is 3. The second-order valence-corrected chi connectivity index (χ2v) is 7.31. The molecular formula is C24H23N3O. The van der Waals surface area contributed by atoms with Crippen LogP contribution in [-0.4, -0.2) is 23.8 Å². The van der Waals surface area contributed by atoms with Crippen LogP contribution in [0.3, 0.4) is 0 Å². The highest BCUT2D eigenvalue weighted by molar-refractivity contribution is 6.09. The molecule has 0 saturated carbocycles. The fourth-order valence-corrected chi connectivity index (χ4v) is 3.82. The number of likely N-dealkylation sites (N-methyl/N-ethyl adjacent to an activating group) is 1. The molecule has 140 valence electrons. The Morgan fingerprint density at radius 1 is 0.893 bits per heavy atom. The van der Waals surface area contributed by atoms with E-state index in [-0.39, 0.29) is 11.9 Å². The lowest BCUT2D eigenvalue weighted by Gasteiger charge is -2.26. The number of aliphatic imine (C=N–C) groups is 1. The van der Waals surface area contributed by atoms with Gasteiger partial charge in [0.15, 0.2) is 11.5 Å². The Labute approximate surface area is 165 Å². The number of amides is 1. The predicted octanol–water partition coefficient (Wildman–Crippen LogP) is 4.00. The zero-order valence-corrected chi connectivity index (χ0v) is 16.3. The standard InChI is InChI=1S/C24H23N3O/c1-16-12-13-17(2)21(14-16)18-8-7-11-20(15-18)24(19-9-5-4-6-10-19)22(28)27(3)23(25)26-24/h4-15H,1-3H3,(H2,25,26). The Balaban J connectivity index is 1.95. The molecule has 1 amide bonds. The molecule has 4 heteroatoms. The summed E-state index contributed by atoms with van der Waals surface area (Å²) in [5.74, 6) is 0.0836. The molecule has 0 fully saturated rings. The van der Waals surface area contributed by atoms with Crippen molar-refractivity contribution in [1.82, 2.24) is 4.90 Å². The van der Waals surface area contributed by atoms with Crippen LogP contribution < -0.4 is 5.73 Å². The van der Waals surface area contributed by atoms with E-state index in [9.17, 15) is 4.79 Å². The van der Waals surface area contributed by atoms with E-state index in [0.717, 1.165) is 22.3 Å². The average Bonchev–Trinajstić information content (AvgIpc) is 2.95. The van der Waals surface area contributed by atoms with Crippen molar-refractivity contribution in [3.8, 4) is 11.1 Å². The molecular weight excluding hydrogens is 346 g/mol. The third-order valence-corrected chi connectivity index (χ3v) is 5.42. The number of hydrogen-bond donors (Lipinski definition) is 1. The maximum absolute atomic E-state index is 13.3. The first-order valence-corrected chi connectivity index (χ1v) is 9.30. The maximum atomic E-state index is 13.3. The van der Waals surface area contributed by atoms with Crippen LogP contribution in [-0.2, 0) is 10.3 Å². The lowest BCUT2D eigenvalue weighted by Crippen LogP contribution is -2.41. The maximum Gasteiger partial charge on any atom is 0.266 e. The first kappa shape index (κ1) is 18.0. The van der Waals surface area contributed by atoms with Gasteiger partial charge in [-0.05, 0) is 47.7 Å². The number of rotatable bonds is 3. The van der Waals surface area contributed by atoms with E-state index in [1.165, 1.54) is 16.0 Å². The Bertz CT molecular complexity index is 1090. The summed E-state index contributed by atoms with van der Waals surface area (Å²) in [4.78, 5) is 19.4. The highest BCUT2D eigenvalue weighted by atomic mass is 16.2. The zero-order chi connectivity index (χ0) is 19.9. The molecule has 3 aromatic carbocycles. The van der Waals surface area contributed by atoms with Gasteiger partial charge in [-0.25, -0.2) is 4.99 Å². The number of aryl methyl sites for hydroxylation is 2. The molecule has 4 rings (SSSR count). The number of carbonyl (C=O) groups is 1. The Hall–Kier alpha value is -3.40. The van der Waals surface area contributed by atoms with Crippen molar-refractivity contribution in [3.05, 3.63) is 95.1 Å². The SMILES string of the molecule is Cc1ccc(C)c(-c2cccc(C3(c4ccccc4)N=C(N)N(C)C3=O)c2)c1. The van der Waals surface area contributed by atoms with Crippen molar-refractivity contribution >= 4 is 11.9 Å². The molecule has 3 aromatic rings. The summed E-state index contributed by atoms with van der Waals surface area (Å²) in [6, 6.07) is 24.1. The molecule has 0 aliphatic carbocycles. The number of nitrogens with two attached hydrogens (primary N) is 1. The fourth-order valence-electron chi connectivity index (χ4n) is 3.82. The summed E-state index contributed by atoms with van der Waals surface area (Å²) in [6.45, 7) is 4.18. The quantitative estimate of drug-likeness (QED) is 0.759. The highest BCUT2D eigenvalue weighted by Crippen LogP contribution is 2.40. The van der Waals surface area contributed by atoms with Crippen LogP contribution in [0.5, 0.6) is 0 Å². The summed E-state index contributed by atoms with van der Waals surface area (Å²) in [7, 11) is 1.67. The Morgan fingerprint density at radius 3 is 2.29 bits per heavy atom. The first-order valence-electron chi connectivity index (χ1n) is 9.30. The van der Waals surface area contributed by atoms with Gasteiger partial charge in [0.05, 0.1) is 0 Å². The molecule has 1 unspecified atom stereocenters. The topological polar surface area (TPSA) is 58.7 Å². The molecule has 4 nitrogen and oxygen atoms in total. The van der Waals surface area contributed by atoms with Gasteiger partial charge in [0.1, 0.15) is 0 Å². The van der Waals surface area contributed by atoms with Gasteiger partial charge in [0.2, 0.25) is 0 Å². The zero-order valence-electron chi connectivity index (χ0n) is 16.3. The molecule has 0 saturated heterocycles. The Morgan fingerprint density at radius 2 is 1.61 bits per heavy atom. The second-order valence-electron chi connectivity index (χ2n) is 7.31. The third kappa shape index (κ3) is 2.69. The first-order chi connectivity index (χ1) is 13.4. The summed E-state index contributed by atoms with van der Waals surface area (Å²) < 4.78 is 0. The minimum atomic E-state index is -1.16. The van der Waals surface area contributed by atoms with Gasteiger partial charge in [-0.2, -0.15) is 0 Å². The smallest absolute Gasteiger partial charge is 0.266 e. The molecule has 0 spiro atoms. The third-order valence-electron chi connectivity index (χ3n) is 5.42. The molecule has 28 heavy (non-hydrogen) atoms. The van der Waals surface area contributed by atoms with E-state index >= 15 is 0 Å². The van der Waals surface area contributed by atoms with E-state index in [4.69, 9.17) is 5.73 Å². The Kier molecular flexibility index (Phi) is 4.27.